The second kappa shape index (κ2) is 6.67. The molecule has 0 N–H and O–H groups in total. The molecular formula is C16H21ClN2O2. The quantitative estimate of drug-likeness (QED) is 0.789. The summed E-state index contributed by atoms with van der Waals surface area (Å²) in [6, 6.07) is 6.00. The molecule has 1 aliphatic heterocycles. The maximum absolute atomic E-state index is 6.07. The van der Waals surface area contributed by atoms with Crippen molar-refractivity contribution in [3.8, 4) is 5.75 Å². The Bertz CT molecular complexity index is 606. The highest BCUT2D eigenvalue weighted by Gasteiger charge is 2.17. The maximum atomic E-state index is 6.07. The third-order valence-electron chi connectivity index (χ3n) is 4.11. The number of ether oxygens (including phenoxy) is 2. The molecule has 0 saturated carbocycles. The first-order chi connectivity index (χ1) is 10.3. The van der Waals surface area contributed by atoms with Gasteiger partial charge >= 0.3 is 0 Å². The highest BCUT2D eigenvalue weighted by molar-refractivity contribution is 6.16. The number of halogens is 1. The SMILES string of the molecule is COc1cccc2c1nc(CCl)n2CCC1CCCCO1. The molecule has 2 aromatic rings. The fourth-order valence-electron chi connectivity index (χ4n) is 2.99. The van der Waals surface area contributed by atoms with Crippen LogP contribution in [0, 0.1) is 0 Å². The zero-order valence-electron chi connectivity index (χ0n) is 12.3. The van der Waals surface area contributed by atoms with E-state index in [1.54, 1.807) is 7.11 Å². The van der Waals surface area contributed by atoms with Crippen LogP contribution < -0.4 is 4.74 Å². The van der Waals surface area contributed by atoms with Crippen LogP contribution in [-0.2, 0) is 17.2 Å². The van der Waals surface area contributed by atoms with Gasteiger partial charge in [0.15, 0.2) is 0 Å². The minimum Gasteiger partial charge on any atom is -0.494 e. The number of aryl methyl sites for hydroxylation is 1. The second-order valence-electron chi connectivity index (χ2n) is 5.42. The van der Waals surface area contributed by atoms with E-state index in [2.05, 4.69) is 15.6 Å². The molecule has 1 fully saturated rings. The minimum atomic E-state index is 0.366. The largest absolute Gasteiger partial charge is 0.494 e. The Labute approximate surface area is 130 Å². The first-order valence-electron chi connectivity index (χ1n) is 7.53. The molecule has 4 nitrogen and oxygen atoms in total. The van der Waals surface area contributed by atoms with Crippen molar-refractivity contribution < 1.29 is 9.47 Å². The van der Waals surface area contributed by atoms with Crippen LogP contribution in [0.1, 0.15) is 31.5 Å². The summed E-state index contributed by atoms with van der Waals surface area (Å²) in [6.07, 6.45) is 4.99. The molecule has 1 aliphatic rings. The van der Waals surface area contributed by atoms with Gasteiger partial charge in [0.2, 0.25) is 0 Å². The number of benzene rings is 1. The standard InChI is InChI=1S/C16H21ClN2O2/c1-20-14-7-4-6-13-16(14)18-15(11-17)19(13)9-8-12-5-2-3-10-21-12/h4,6-7,12H,2-3,5,8-11H2,1H3. The van der Waals surface area contributed by atoms with Crippen LogP contribution in [0.25, 0.3) is 11.0 Å². The summed E-state index contributed by atoms with van der Waals surface area (Å²) in [5.41, 5.74) is 1.97. The summed E-state index contributed by atoms with van der Waals surface area (Å²) >= 11 is 6.07. The van der Waals surface area contributed by atoms with Crippen LogP contribution >= 0.6 is 11.6 Å². The molecule has 0 amide bonds. The molecular weight excluding hydrogens is 288 g/mol. The van der Waals surface area contributed by atoms with Crippen molar-refractivity contribution in [1.29, 1.82) is 0 Å². The van der Waals surface area contributed by atoms with Gasteiger partial charge < -0.3 is 14.0 Å². The van der Waals surface area contributed by atoms with E-state index in [0.29, 0.717) is 12.0 Å². The summed E-state index contributed by atoms with van der Waals surface area (Å²) in [4.78, 5) is 4.63. The van der Waals surface area contributed by atoms with Crippen molar-refractivity contribution in [1.82, 2.24) is 9.55 Å². The first-order valence-corrected chi connectivity index (χ1v) is 8.06. The summed E-state index contributed by atoms with van der Waals surface area (Å²) in [5, 5.41) is 0. The van der Waals surface area contributed by atoms with Crippen LogP contribution in [-0.4, -0.2) is 29.4 Å². The molecule has 0 spiro atoms. The predicted octanol–water partition coefficient (Wildman–Crippen LogP) is 3.74. The van der Waals surface area contributed by atoms with E-state index in [4.69, 9.17) is 21.1 Å². The molecule has 1 aromatic carbocycles. The third kappa shape index (κ3) is 3.01. The van der Waals surface area contributed by atoms with Crippen LogP contribution in [0.5, 0.6) is 5.75 Å². The zero-order valence-corrected chi connectivity index (χ0v) is 13.1. The average Bonchev–Trinajstić information content (AvgIpc) is 2.91. The van der Waals surface area contributed by atoms with Gasteiger partial charge in [-0.05, 0) is 37.8 Å². The Morgan fingerprint density at radius 2 is 2.33 bits per heavy atom. The molecule has 0 bridgehead atoms. The highest BCUT2D eigenvalue weighted by atomic mass is 35.5. The molecule has 0 radical (unpaired) electrons. The van der Waals surface area contributed by atoms with Gasteiger partial charge in [-0.25, -0.2) is 4.98 Å². The zero-order chi connectivity index (χ0) is 14.7. The van der Waals surface area contributed by atoms with Gasteiger partial charge in [0.05, 0.1) is 24.6 Å². The van der Waals surface area contributed by atoms with Crippen molar-refractivity contribution in [2.45, 2.75) is 44.2 Å². The molecule has 1 saturated heterocycles. The topological polar surface area (TPSA) is 36.3 Å². The van der Waals surface area contributed by atoms with Gasteiger partial charge in [-0.2, -0.15) is 0 Å². The number of methoxy groups -OCH3 is 1. The first kappa shape index (κ1) is 14.7. The van der Waals surface area contributed by atoms with Gasteiger partial charge in [-0.3, -0.25) is 0 Å². The number of rotatable bonds is 5. The molecule has 114 valence electrons. The lowest BCUT2D eigenvalue weighted by Crippen LogP contribution is -2.21. The summed E-state index contributed by atoms with van der Waals surface area (Å²) in [7, 11) is 1.67. The lowest BCUT2D eigenvalue weighted by molar-refractivity contribution is 0.00889. The summed E-state index contributed by atoms with van der Waals surface area (Å²) in [6.45, 7) is 1.78. The van der Waals surface area contributed by atoms with E-state index >= 15 is 0 Å². The second-order valence-corrected chi connectivity index (χ2v) is 5.69. The number of aromatic nitrogens is 2. The van der Waals surface area contributed by atoms with E-state index in [9.17, 15) is 0 Å². The minimum absolute atomic E-state index is 0.366. The molecule has 2 heterocycles. The summed E-state index contributed by atoms with van der Waals surface area (Å²) < 4.78 is 13.4. The molecule has 1 atom stereocenters. The molecule has 1 unspecified atom stereocenters. The number of nitrogens with zero attached hydrogens (tertiary/aromatic N) is 2. The highest BCUT2D eigenvalue weighted by Crippen LogP contribution is 2.27. The normalized spacial score (nSPS) is 19.0. The maximum Gasteiger partial charge on any atom is 0.146 e. The van der Waals surface area contributed by atoms with Gasteiger partial charge in [0, 0.05) is 13.2 Å². The van der Waals surface area contributed by atoms with Gasteiger partial charge in [-0.15, -0.1) is 11.6 Å². The number of hydrogen-bond donors (Lipinski definition) is 0. The number of alkyl halides is 1. The Hall–Kier alpha value is -1.26. The number of para-hydroxylation sites is 1. The number of hydrogen-bond acceptors (Lipinski definition) is 3. The molecule has 3 rings (SSSR count). The van der Waals surface area contributed by atoms with E-state index in [-0.39, 0.29) is 0 Å². The van der Waals surface area contributed by atoms with Crippen molar-refractivity contribution in [2.75, 3.05) is 13.7 Å². The van der Waals surface area contributed by atoms with Crippen LogP contribution in [0.2, 0.25) is 0 Å². The monoisotopic (exact) mass is 308 g/mol. The predicted molar refractivity (Wildman–Crippen MR) is 84.1 cm³/mol. The summed E-state index contributed by atoms with van der Waals surface area (Å²) in [5.74, 6) is 2.10. The molecule has 21 heavy (non-hydrogen) atoms. The van der Waals surface area contributed by atoms with Crippen molar-refractivity contribution in [3.63, 3.8) is 0 Å². The van der Waals surface area contributed by atoms with Crippen LogP contribution in [0.4, 0.5) is 0 Å². The Morgan fingerprint density at radius 3 is 3.05 bits per heavy atom. The Kier molecular flexibility index (Phi) is 4.66. The van der Waals surface area contributed by atoms with Gasteiger partial charge in [0.1, 0.15) is 17.1 Å². The van der Waals surface area contributed by atoms with E-state index in [1.165, 1.54) is 12.8 Å². The smallest absolute Gasteiger partial charge is 0.146 e. The van der Waals surface area contributed by atoms with Crippen molar-refractivity contribution in [2.24, 2.45) is 0 Å². The number of imidazole rings is 1. The lowest BCUT2D eigenvalue weighted by atomic mass is 10.1. The number of fused-ring (bicyclic) bond motifs is 1. The molecule has 1 aromatic heterocycles. The van der Waals surface area contributed by atoms with E-state index < -0.39 is 0 Å². The van der Waals surface area contributed by atoms with Gasteiger partial charge in [0.25, 0.3) is 0 Å². The van der Waals surface area contributed by atoms with Crippen LogP contribution in [0.15, 0.2) is 18.2 Å². The fraction of sp³-hybridized carbons (Fsp3) is 0.562. The van der Waals surface area contributed by atoms with Crippen molar-refractivity contribution >= 4 is 22.6 Å². The van der Waals surface area contributed by atoms with E-state index in [0.717, 1.165) is 48.6 Å². The van der Waals surface area contributed by atoms with Crippen molar-refractivity contribution in [3.05, 3.63) is 24.0 Å². The Balaban J connectivity index is 1.85. The van der Waals surface area contributed by atoms with E-state index in [1.807, 2.05) is 12.1 Å². The third-order valence-corrected chi connectivity index (χ3v) is 4.35. The van der Waals surface area contributed by atoms with Crippen LogP contribution in [0.3, 0.4) is 0 Å². The molecule has 5 heteroatoms. The Morgan fingerprint density at radius 1 is 1.43 bits per heavy atom. The van der Waals surface area contributed by atoms with Gasteiger partial charge in [-0.1, -0.05) is 6.07 Å². The average molecular weight is 309 g/mol. The fourth-order valence-corrected chi connectivity index (χ4v) is 3.20. The molecule has 0 aliphatic carbocycles. The lowest BCUT2D eigenvalue weighted by Gasteiger charge is -2.23.